The van der Waals surface area contributed by atoms with Gasteiger partial charge in [0.15, 0.2) is 5.82 Å². The molecular formula is C37H48N6O8. The summed E-state index contributed by atoms with van der Waals surface area (Å²) in [5.74, 6) is -0.533. The monoisotopic (exact) mass is 704 g/mol. The Hall–Kier alpha value is -4.88. The van der Waals surface area contributed by atoms with E-state index in [1.54, 1.807) is 52.3 Å². The van der Waals surface area contributed by atoms with Crippen molar-refractivity contribution in [3.63, 3.8) is 0 Å². The number of aliphatic carboxylic acids is 1. The lowest BCUT2D eigenvalue weighted by atomic mass is 10.0. The Kier molecular flexibility index (Phi) is 10.1. The van der Waals surface area contributed by atoms with Crippen molar-refractivity contribution in [1.29, 1.82) is 0 Å². The highest BCUT2D eigenvalue weighted by Gasteiger charge is 2.62. The number of hydrogen-bond acceptors (Lipinski definition) is 9. The fourth-order valence-electron chi connectivity index (χ4n) is 7.31. The van der Waals surface area contributed by atoms with Crippen LogP contribution >= 0.6 is 0 Å². The van der Waals surface area contributed by atoms with Crippen LogP contribution in [-0.4, -0.2) is 91.4 Å². The van der Waals surface area contributed by atoms with Gasteiger partial charge in [-0.1, -0.05) is 32.1 Å². The maximum absolute atomic E-state index is 14.4. The molecule has 0 bridgehead atoms. The molecular weight excluding hydrogens is 656 g/mol. The third-order valence-corrected chi connectivity index (χ3v) is 10.0. The number of nitrogens with zero attached hydrogens (tertiary/aromatic N) is 4. The number of aromatic nitrogens is 3. The first-order valence-corrected chi connectivity index (χ1v) is 17.8. The molecule has 3 aromatic rings. The van der Waals surface area contributed by atoms with Gasteiger partial charge in [-0.3, -0.25) is 9.59 Å². The number of hydrogen-bond donors (Lipinski definition) is 3. The number of alkyl carbamates (subject to hydrolysis) is 1. The molecule has 3 N–H and O–H groups in total. The number of nitrogens with one attached hydrogen (secondary N) is 2. The Bertz CT molecular complexity index is 1800. The van der Waals surface area contributed by atoms with Crippen LogP contribution in [0.15, 0.2) is 36.7 Å². The van der Waals surface area contributed by atoms with E-state index in [1.165, 1.54) is 4.90 Å². The number of benzene rings is 1. The van der Waals surface area contributed by atoms with Crippen molar-refractivity contribution < 1.29 is 38.5 Å². The molecule has 3 fully saturated rings. The van der Waals surface area contributed by atoms with Crippen LogP contribution in [-0.2, 0) is 26.2 Å². The number of methoxy groups -OCH3 is 1. The third-order valence-electron chi connectivity index (χ3n) is 10.0. The fraction of sp³-hybridized carbons (Fsp3) is 0.568. The van der Waals surface area contributed by atoms with Crippen LogP contribution in [0.1, 0.15) is 78.6 Å². The molecule has 2 saturated heterocycles. The molecule has 0 radical (unpaired) electrons. The quantitative estimate of drug-likeness (QED) is 0.329. The predicted octanol–water partition coefficient (Wildman–Crippen LogP) is 4.59. The van der Waals surface area contributed by atoms with Crippen molar-refractivity contribution in [1.82, 2.24) is 30.1 Å². The van der Waals surface area contributed by atoms with Gasteiger partial charge in [0.2, 0.25) is 11.8 Å². The first-order chi connectivity index (χ1) is 24.3. The number of fused-ring (bicyclic) bond motifs is 3. The van der Waals surface area contributed by atoms with Crippen molar-refractivity contribution in [2.75, 3.05) is 13.7 Å². The largest absolute Gasteiger partial charge is 0.497 e. The van der Waals surface area contributed by atoms with E-state index >= 15 is 0 Å². The Morgan fingerprint density at radius 2 is 1.82 bits per heavy atom. The summed E-state index contributed by atoms with van der Waals surface area (Å²) in [6, 6.07) is 5.25. The summed E-state index contributed by atoms with van der Waals surface area (Å²) >= 11 is 0. The van der Waals surface area contributed by atoms with E-state index in [0.717, 1.165) is 25.7 Å². The van der Waals surface area contributed by atoms with Gasteiger partial charge in [0.1, 0.15) is 46.5 Å². The number of pyridine rings is 1. The average Bonchev–Trinajstić information content (AvgIpc) is 3.35. The van der Waals surface area contributed by atoms with Gasteiger partial charge in [-0.05, 0) is 58.1 Å². The van der Waals surface area contributed by atoms with Crippen LogP contribution in [0.5, 0.6) is 11.5 Å². The predicted molar refractivity (Wildman–Crippen MR) is 187 cm³/mol. The van der Waals surface area contributed by atoms with Crippen molar-refractivity contribution in [3.05, 3.63) is 36.7 Å². The zero-order chi connectivity index (χ0) is 36.5. The van der Waals surface area contributed by atoms with Crippen LogP contribution in [0.2, 0.25) is 0 Å². The maximum Gasteiger partial charge on any atom is 0.408 e. The molecule has 3 aliphatic rings. The van der Waals surface area contributed by atoms with Gasteiger partial charge in [0, 0.05) is 43.4 Å². The smallest absolute Gasteiger partial charge is 0.408 e. The minimum atomic E-state index is -1.36. The van der Waals surface area contributed by atoms with E-state index in [-0.39, 0.29) is 18.9 Å². The molecule has 1 saturated carbocycles. The Labute approximate surface area is 297 Å². The maximum atomic E-state index is 14.4. The molecule has 3 amide bonds. The summed E-state index contributed by atoms with van der Waals surface area (Å²) in [6.45, 7) is 5.27. The van der Waals surface area contributed by atoms with E-state index in [9.17, 15) is 24.3 Å². The highest BCUT2D eigenvalue weighted by Crippen LogP contribution is 2.47. The SMILES string of the molecule is COc1ccc2c(O[C@@H]3CC4C(=O)NC5(C(=O)O)CC5CCCCCCCC(NC(=O)OC(C)(C)C)C(=O)N4C3)cc(-c3nccn3C)nc2c1. The van der Waals surface area contributed by atoms with Crippen LogP contribution in [0.3, 0.4) is 0 Å². The zero-order valence-electron chi connectivity index (χ0n) is 29.9. The molecule has 14 nitrogen and oxygen atoms in total. The summed E-state index contributed by atoms with van der Waals surface area (Å²) in [4.78, 5) is 64.7. The molecule has 51 heavy (non-hydrogen) atoms. The van der Waals surface area contributed by atoms with Gasteiger partial charge in [-0.25, -0.2) is 19.6 Å². The number of imidazole rings is 1. The van der Waals surface area contributed by atoms with E-state index < -0.39 is 53.2 Å². The number of carbonyl (C=O) groups is 4. The average molecular weight is 705 g/mol. The molecule has 0 spiro atoms. The second-order valence-corrected chi connectivity index (χ2v) is 14.9. The van der Waals surface area contributed by atoms with E-state index in [4.69, 9.17) is 19.2 Å². The minimum Gasteiger partial charge on any atom is -0.497 e. The fourth-order valence-corrected chi connectivity index (χ4v) is 7.31. The Morgan fingerprint density at radius 3 is 2.51 bits per heavy atom. The topological polar surface area (TPSA) is 174 Å². The lowest BCUT2D eigenvalue weighted by molar-refractivity contribution is -0.146. The molecule has 1 aromatic carbocycles. The van der Waals surface area contributed by atoms with E-state index in [1.807, 2.05) is 23.9 Å². The minimum absolute atomic E-state index is 0.0324. The Morgan fingerprint density at radius 1 is 1.08 bits per heavy atom. The summed E-state index contributed by atoms with van der Waals surface area (Å²) in [6.07, 6.45) is 7.85. The molecule has 4 heterocycles. The summed E-state index contributed by atoms with van der Waals surface area (Å²) in [5, 5.41) is 16.5. The third kappa shape index (κ3) is 7.89. The molecule has 6 rings (SSSR count). The van der Waals surface area contributed by atoms with Crippen molar-refractivity contribution in [2.45, 2.75) is 108 Å². The number of amides is 3. The van der Waals surface area contributed by atoms with Gasteiger partial charge in [0.25, 0.3) is 0 Å². The molecule has 2 aromatic heterocycles. The van der Waals surface area contributed by atoms with Crippen LogP contribution in [0, 0.1) is 5.92 Å². The number of ether oxygens (including phenoxy) is 3. The van der Waals surface area contributed by atoms with Gasteiger partial charge in [-0.2, -0.15) is 0 Å². The van der Waals surface area contributed by atoms with Gasteiger partial charge >= 0.3 is 12.1 Å². The van der Waals surface area contributed by atoms with Crippen LogP contribution < -0.4 is 20.1 Å². The highest BCUT2D eigenvalue weighted by molar-refractivity contribution is 5.96. The number of aryl methyl sites for hydroxylation is 1. The molecule has 5 atom stereocenters. The molecule has 2 aliphatic heterocycles. The first-order valence-electron chi connectivity index (χ1n) is 17.8. The normalized spacial score (nSPS) is 25.9. The van der Waals surface area contributed by atoms with Crippen LogP contribution in [0.4, 0.5) is 4.79 Å². The van der Waals surface area contributed by atoms with Crippen molar-refractivity contribution >= 4 is 34.8 Å². The second kappa shape index (κ2) is 14.4. The lowest BCUT2D eigenvalue weighted by Gasteiger charge is -2.30. The summed E-state index contributed by atoms with van der Waals surface area (Å²) in [7, 11) is 3.44. The molecule has 274 valence electrons. The first kappa shape index (κ1) is 35.9. The van der Waals surface area contributed by atoms with Crippen molar-refractivity contribution in [3.8, 4) is 23.0 Å². The van der Waals surface area contributed by atoms with Gasteiger partial charge < -0.3 is 39.4 Å². The zero-order valence-corrected chi connectivity index (χ0v) is 29.9. The van der Waals surface area contributed by atoms with E-state index in [2.05, 4.69) is 15.6 Å². The lowest BCUT2D eigenvalue weighted by Crippen LogP contribution is -2.56. The van der Waals surface area contributed by atoms with Gasteiger partial charge in [0.05, 0.1) is 19.2 Å². The Balaban J connectivity index is 1.34. The van der Waals surface area contributed by atoms with Crippen LogP contribution in [0.25, 0.3) is 22.4 Å². The van der Waals surface area contributed by atoms with E-state index in [0.29, 0.717) is 59.6 Å². The second-order valence-electron chi connectivity index (χ2n) is 14.9. The molecule has 4 unspecified atom stereocenters. The van der Waals surface area contributed by atoms with Gasteiger partial charge in [-0.15, -0.1) is 0 Å². The number of carbonyl (C=O) groups excluding carboxylic acids is 3. The molecule has 1 aliphatic carbocycles. The number of carboxylic acids is 1. The highest BCUT2D eigenvalue weighted by atomic mass is 16.6. The van der Waals surface area contributed by atoms with Crippen molar-refractivity contribution in [2.24, 2.45) is 13.0 Å². The standard InChI is InChI=1S/C37H48N6O8/c1-36(2,3)51-35(48)40-26-12-10-8-6-7-9-11-22-20-37(22,34(46)47)41-32(44)29-18-24(21-43(29)33(26)45)50-30-19-28(31-38-15-16-42(31)4)39-27-17-23(49-5)13-14-25(27)30/h13-17,19,22,24,26,29H,6-12,18,20-21H2,1-5H3,(H,40,48)(H,41,44)(H,46,47)/t22?,24-,26?,29?,37?/m1/s1. The molecule has 14 heteroatoms. The summed E-state index contributed by atoms with van der Waals surface area (Å²) < 4.78 is 19.4. The summed E-state index contributed by atoms with van der Waals surface area (Å²) in [5.41, 5.74) is -0.976. The number of carboxylic acid groups (broad SMARTS) is 1. The number of rotatable bonds is 6.